The van der Waals surface area contributed by atoms with E-state index in [4.69, 9.17) is 0 Å². The van der Waals surface area contributed by atoms with Gasteiger partial charge in [-0.25, -0.2) is 0 Å². The molecule has 1 heterocycles. The molecule has 0 aliphatic rings. The number of anilines is 1. The maximum Gasteiger partial charge on any atom is 0.238 e. The number of alkyl halides is 1. The van der Waals surface area contributed by atoms with Gasteiger partial charge in [0, 0.05) is 5.69 Å². The van der Waals surface area contributed by atoms with Crippen molar-refractivity contribution in [3.8, 4) is 5.69 Å². The van der Waals surface area contributed by atoms with E-state index in [1.54, 1.807) is 12.4 Å². The Balaban J connectivity index is 2.06. The molecule has 6 heteroatoms. The summed E-state index contributed by atoms with van der Waals surface area (Å²) >= 11 is 3.31. The molecule has 0 saturated heterocycles. The van der Waals surface area contributed by atoms with Crippen molar-refractivity contribution in [2.24, 2.45) is 0 Å². The molecule has 5 nitrogen and oxygen atoms in total. The maximum absolute atomic E-state index is 11.7. The number of hydrogen-bond acceptors (Lipinski definition) is 3. The third kappa shape index (κ3) is 2.95. The molecule has 1 N–H and O–H groups in total. The van der Waals surface area contributed by atoms with E-state index in [1.165, 1.54) is 4.80 Å². The molecule has 1 atom stereocenters. The molecular formula is C12H13BrN4O. The van der Waals surface area contributed by atoms with Crippen molar-refractivity contribution in [2.75, 3.05) is 5.32 Å². The summed E-state index contributed by atoms with van der Waals surface area (Å²) in [6, 6.07) is 7.35. The molecule has 0 spiro atoms. The van der Waals surface area contributed by atoms with Crippen molar-refractivity contribution in [2.45, 2.75) is 18.2 Å². The smallest absolute Gasteiger partial charge is 0.238 e. The number of halogens is 1. The van der Waals surface area contributed by atoms with Crippen LogP contribution in [0.5, 0.6) is 0 Å². The molecule has 0 saturated carbocycles. The number of nitrogens with one attached hydrogen (secondary N) is 1. The van der Waals surface area contributed by atoms with Crippen LogP contribution >= 0.6 is 15.9 Å². The topological polar surface area (TPSA) is 59.8 Å². The SMILES string of the molecule is CCC(Br)C(=O)Nc1ccc(-n2nccn2)cc1. The largest absolute Gasteiger partial charge is 0.325 e. The van der Waals surface area contributed by atoms with Gasteiger partial charge in [0.25, 0.3) is 0 Å². The van der Waals surface area contributed by atoms with Gasteiger partial charge in [-0.3, -0.25) is 4.79 Å². The maximum atomic E-state index is 11.7. The van der Waals surface area contributed by atoms with E-state index < -0.39 is 0 Å². The lowest BCUT2D eigenvalue weighted by atomic mass is 10.2. The van der Waals surface area contributed by atoms with Gasteiger partial charge in [-0.2, -0.15) is 15.0 Å². The second kappa shape index (κ2) is 5.77. The Bertz CT molecular complexity index is 509. The molecule has 0 bridgehead atoms. The van der Waals surface area contributed by atoms with Crippen molar-refractivity contribution in [1.29, 1.82) is 0 Å². The van der Waals surface area contributed by atoms with E-state index in [2.05, 4.69) is 31.4 Å². The van der Waals surface area contributed by atoms with Gasteiger partial charge in [-0.1, -0.05) is 22.9 Å². The number of carbonyl (C=O) groups excluding carboxylic acids is 1. The molecule has 94 valence electrons. The zero-order valence-electron chi connectivity index (χ0n) is 9.88. The fourth-order valence-electron chi connectivity index (χ4n) is 1.43. The Kier molecular flexibility index (Phi) is 4.09. The number of nitrogens with zero attached hydrogens (tertiary/aromatic N) is 3. The van der Waals surface area contributed by atoms with Crippen LogP contribution in [0.1, 0.15) is 13.3 Å². The Morgan fingerprint density at radius 2 is 1.94 bits per heavy atom. The number of hydrogen-bond donors (Lipinski definition) is 1. The standard InChI is InChI=1S/C12H13BrN4O/c1-2-11(13)12(18)16-9-3-5-10(6-4-9)17-14-7-8-15-17/h3-8,11H,2H2,1H3,(H,16,18). The normalized spacial score (nSPS) is 12.1. The quantitative estimate of drug-likeness (QED) is 0.882. The molecule has 0 radical (unpaired) electrons. The van der Waals surface area contributed by atoms with Crippen LogP contribution in [0.2, 0.25) is 0 Å². The first-order valence-corrected chi connectivity index (χ1v) is 6.54. The minimum absolute atomic E-state index is 0.0394. The van der Waals surface area contributed by atoms with Gasteiger partial charge in [0.2, 0.25) is 5.91 Å². The van der Waals surface area contributed by atoms with Crippen LogP contribution in [0.4, 0.5) is 5.69 Å². The van der Waals surface area contributed by atoms with Gasteiger partial charge in [-0.05, 0) is 30.7 Å². The first-order chi connectivity index (χ1) is 8.70. The van der Waals surface area contributed by atoms with E-state index in [-0.39, 0.29) is 10.7 Å². The predicted octanol–water partition coefficient (Wildman–Crippen LogP) is 2.38. The molecule has 1 aromatic carbocycles. The number of benzene rings is 1. The summed E-state index contributed by atoms with van der Waals surface area (Å²) in [6.45, 7) is 1.95. The molecular weight excluding hydrogens is 296 g/mol. The van der Waals surface area contributed by atoms with Crippen molar-refractivity contribution >= 4 is 27.5 Å². The second-order valence-corrected chi connectivity index (χ2v) is 4.84. The lowest BCUT2D eigenvalue weighted by molar-refractivity contribution is -0.115. The number of amides is 1. The van der Waals surface area contributed by atoms with Crippen LogP contribution < -0.4 is 5.32 Å². The summed E-state index contributed by atoms with van der Waals surface area (Å²) in [4.78, 5) is 13.0. The van der Waals surface area contributed by atoms with Gasteiger partial charge in [0.1, 0.15) is 0 Å². The summed E-state index contributed by atoms with van der Waals surface area (Å²) in [5.74, 6) is -0.0394. The van der Waals surface area contributed by atoms with E-state index >= 15 is 0 Å². The Labute approximate surface area is 113 Å². The summed E-state index contributed by atoms with van der Waals surface area (Å²) < 4.78 is 0. The van der Waals surface area contributed by atoms with Crippen LogP contribution in [-0.4, -0.2) is 25.7 Å². The van der Waals surface area contributed by atoms with Crippen LogP contribution in [0.3, 0.4) is 0 Å². The number of aromatic nitrogens is 3. The van der Waals surface area contributed by atoms with Crippen LogP contribution in [0.15, 0.2) is 36.7 Å². The minimum atomic E-state index is -0.162. The highest BCUT2D eigenvalue weighted by Gasteiger charge is 2.12. The summed E-state index contributed by atoms with van der Waals surface area (Å²) in [6.07, 6.45) is 3.99. The van der Waals surface area contributed by atoms with Crippen molar-refractivity contribution in [3.05, 3.63) is 36.7 Å². The third-order valence-electron chi connectivity index (χ3n) is 2.43. The first kappa shape index (κ1) is 12.8. The average Bonchev–Trinajstić information content (AvgIpc) is 2.92. The fraction of sp³-hybridized carbons (Fsp3) is 0.250. The van der Waals surface area contributed by atoms with Gasteiger partial charge < -0.3 is 5.32 Å². The van der Waals surface area contributed by atoms with Crippen molar-refractivity contribution < 1.29 is 4.79 Å². The zero-order chi connectivity index (χ0) is 13.0. The van der Waals surface area contributed by atoms with E-state index in [9.17, 15) is 4.79 Å². The van der Waals surface area contributed by atoms with Crippen LogP contribution in [-0.2, 0) is 4.79 Å². The molecule has 1 amide bonds. The van der Waals surface area contributed by atoms with Crippen LogP contribution in [0, 0.1) is 0 Å². The van der Waals surface area contributed by atoms with E-state index in [0.29, 0.717) is 0 Å². The highest BCUT2D eigenvalue weighted by molar-refractivity contribution is 9.10. The molecule has 2 aromatic rings. The minimum Gasteiger partial charge on any atom is -0.325 e. The summed E-state index contributed by atoms with van der Waals surface area (Å²) in [5.41, 5.74) is 1.61. The monoisotopic (exact) mass is 308 g/mol. The van der Waals surface area contributed by atoms with E-state index in [1.807, 2.05) is 31.2 Å². The second-order valence-electron chi connectivity index (χ2n) is 3.73. The molecule has 1 unspecified atom stereocenters. The van der Waals surface area contributed by atoms with Gasteiger partial charge in [0.15, 0.2) is 0 Å². The molecule has 0 aliphatic heterocycles. The third-order valence-corrected chi connectivity index (χ3v) is 3.49. The number of rotatable bonds is 4. The zero-order valence-corrected chi connectivity index (χ0v) is 11.5. The molecule has 18 heavy (non-hydrogen) atoms. The fourth-order valence-corrected chi connectivity index (χ4v) is 1.55. The first-order valence-electron chi connectivity index (χ1n) is 5.62. The Morgan fingerprint density at radius 3 is 2.50 bits per heavy atom. The van der Waals surface area contributed by atoms with Crippen LogP contribution in [0.25, 0.3) is 5.69 Å². The highest BCUT2D eigenvalue weighted by Crippen LogP contribution is 2.14. The molecule has 1 aromatic heterocycles. The van der Waals surface area contributed by atoms with Gasteiger partial charge >= 0.3 is 0 Å². The molecule has 2 rings (SSSR count). The molecule has 0 aliphatic carbocycles. The van der Waals surface area contributed by atoms with E-state index in [0.717, 1.165) is 17.8 Å². The lowest BCUT2D eigenvalue weighted by Gasteiger charge is -2.09. The van der Waals surface area contributed by atoms with Gasteiger partial charge in [0.05, 0.1) is 22.9 Å². The molecule has 0 fully saturated rings. The van der Waals surface area contributed by atoms with Crippen molar-refractivity contribution in [1.82, 2.24) is 15.0 Å². The highest BCUT2D eigenvalue weighted by atomic mass is 79.9. The summed E-state index contributed by atoms with van der Waals surface area (Å²) in [7, 11) is 0. The predicted molar refractivity (Wildman–Crippen MR) is 73.0 cm³/mol. The Morgan fingerprint density at radius 1 is 1.33 bits per heavy atom. The lowest BCUT2D eigenvalue weighted by Crippen LogP contribution is -2.21. The van der Waals surface area contributed by atoms with Gasteiger partial charge in [-0.15, -0.1) is 0 Å². The average molecular weight is 309 g/mol. The summed E-state index contributed by atoms with van der Waals surface area (Å²) in [5, 5.41) is 10.9. The van der Waals surface area contributed by atoms with Crippen molar-refractivity contribution in [3.63, 3.8) is 0 Å². The Hall–Kier alpha value is -1.69. The number of carbonyl (C=O) groups is 1.